The van der Waals surface area contributed by atoms with E-state index in [-0.39, 0.29) is 48.8 Å². The fraction of sp³-hybridized carbons (Fsp3) is 1.00. The number of aliphatic hydroxyl groups excluding tert-OH is 4. The van der Waals surface area contributed by atoms with Crippen molar-refractivity contribution in [2.75, 3.05) is 28.4 Å². The minimum absolute atomic E-state index is 0.0844. The molecule has 28 unspecified atom stereocenters. The topological polar surface area (TPSA) is 118 Å². The monoisotopic (exact) mass is 1060 g/mol. The van der Waals surface area contributed by atoms with Gasteiger partial charge in [0.1, 0.15) is 0 Å². The minimum Gasteiger partial charge on any atom is -0.390 e. The lowest BCUT2D eigenvalue weighted by Crippen LogP contribution is -2.41. The zero-order valence-electron chi connectivity index (χ0n) is 51.7. The van der Waals surface area contributed by atoms with Crippen LogP contribution in [0.1, 0.15) is 212 Å². The van der Waals surface area contributed by atoms with Crippen molar-refractivity contribution in [3.8, 4) is 0 Å². The Labute approximate surface area is 466 Å². The summed E-state index contributed by atoms with van der Waals surface area (Å²) in [7, 11) is 6.97. The van der Waals surface area contributed by atoms with Crippen LogP contribution < -0.4 is 0 Å². The summed E-state index contributed by atoms with van der Waals surface area (Å²) in [6.45, 7) is 29.6. The normalized spacial score (nSPS) is 52.6. The van der Waals surface area contributed by atoms with Gasteiger partial charge < -0.3 is 39.4 Å². The van der Waals surface area contributed by atoms with Crippen molar-refractivity contribution in [2.45, 2.75) is 260 Å². The molecule has 28 atom stereocenters. The van der Waals surface area contributed by atoms with Crippen LogP contribution in [0.25, 0.3) is 0 Å². The van der Waals surface area contributed by atoms with Gasteiger partial charge in [0, 0.05) is 28.4 Å². The third-order valence-corrected chi connectivity index (χ3v) is 28.9. The second kappa shape index (κ2) is 23.4. The van der Waals surface area contributed by atoms with E-state index in [4.69, 9.17) is 18.9 Å². The second-order valence-corrected chi connectivity index (χ2v) is 32.1. The Balaban J connectivity index is 0.000000124. The van der Waals surface area contributed by atoms with Gasteiger partial charge in [-0.2, -0.15) is 0 Å². The smallest absolute Gasteiger partial charge is 0.0832 e. The number of aliphatic hydroxyl groups is 4. The van der Waals surface area contributed by atoms with Gasteiger partial charge in [-0.3, -0.25) is 0 Å². The predicted octanol–water partition coefficient (Wildman–Crippen LogP) is 13.9. The van der Waals surface area contributed by atoms with E-state index in [1.54, 1.807) is 28.4 Å². The molecule has 0 amide bonds. The Bertz CT molecular complexity index is 1730. The van der Waals surface area contributed by atoms with Gasteiger partial charge in [-0.25, -0.2) is 0 Å². The zero-order chi connectivity index (χ0) is 55.1. The third kappa shape index (κ3) is 11.0. The van der Waals surface area contributed by atoms with E-state index in [0.29, 0.717) is 21.7 Å². The van der Waals surface area contributed by atoms with Crippen LogP contribution in [-0.4, -0.2) is 97.7 Å². The van der Waals surface area contributed by atoms with Crippen LogP contribution in [0.15, 0.2) is 0 Å². The molecule has 8 heteroatoms. The van der Waals surface area contributed by atoms with Crippen LogP contribution in [0.2, 0.25) is 0 Å². The number of ether oxygens (including phenoxy) is 4. The highest BCUT2D eigenvalue weighted by Crippen LogP contribution is 2.67. The highest BCUT2D eigenvalue weighted by molar-refractivity contribution is 5.09. The summed E-state index contributed by atoms with van der Waals surface area (Å²) >= 11 is 0. The summed E-state index contributed by atoms with van der Waals surface area (Å²) in [5.41, 5.74) is 2.19. The Morgan fingerprint density at radius 2 is 0.487 bits per heavy atom. The van der Waals surface area contributed by atoms with Gasteiger partial charge in [-0.05, 0) is 268 Å². The van der Waals surface area contributed by atoms with Crippen molar-refractivity contribution in [3.05, 3.63) is 0 Å². The van der Waals surface area contributed by atoms with Crippen molar-refractivity contribution in [3.63, 3.8) is 0 Å². The maximum Gasteiger partial charge on any atom is 0.0832 e. The van der Waals surface area contributed by atoms with Crippen LogP contribution in [0, 0.1) is 140 Å². The molecule has 440 valence electrons. The molecule has 12 fully saturated rings. The molecule has 0 aromatic carbocycles. The molecule has 12 aliphatic carbocycles. The SMILES string of the molecule is COC1CC(C2CC3CC2C(C)C3(C)C)CCC1O.COC1CC(C2CC3CC2C(C)C3(C)C)CCC1O.COC1CCC(C2CC3CC2C(C)C3(C)C)CC1O.COC1CCC(C2CC3CC2C(C)C3(C)C)CC1O. The quantitative estimate of drug-likeness (QED) is 0.190. The third-order valence-electron chi connectivity index (χ3n) is 28.9. The number of hydrogen-bond acceptors (Lipinski definition) is 8. The predicted molar refractivity (Wildman–Crippen MR) is 307 cm³/mol. The summed E-state index contributed by atoms with van der Waals surface area (Å²) in [6, 6.07) is 0. The molecular formula is C68H120O8. The molecule has 0 aromatic heterocycles. The Hall–Kier alpha value is -0.320. The fourth-order valence-electron chi connectivity index (χ4n) is 22.2. The van der Waals surface area contributed by atoms with Crippen molar-refractivity contribution < 1.29 is 39.4 Å². The maximum absolute atomic E-state index is 10.2. The molecular weight excluding hydrogens is 945 g/mol. The molecule has 8 nitrogen and oxygen atoms in total. The van der Waals surface area contributed by atoms with Crippen molar-refractivity contribution in [1.29, 1.82) is 0 Å². The van der Waals surface area contributed by atoms with Gasteiger partial charge >= 0.3 is 0 Å². The molecule has 0 radical (unpaired) electrons. The van der Waals surface area contributed by atoms with Gasteiger partial charge in [0.05, 0.1) is 48.8 Å². The molecule has 12 aliphatic rings. The highest BCUT2D eigenvalue weighted by atomic mass is 16.5. The second-order valence-electron chi connectivity index (χ2n) is 32.1. The first-order valence-corrected chi connectivity index (χ1v) is 32.6. The first-order chi connectivity index (χ1) is 35.8. The van der Waals surface area contributed by atoms with E-state index >= 15 is 0 Å². The highest BCUT2D eigenvalue weighted by Gasteiger charge is 2.60. The minimum atomic E-state index is -0.230. The van der Waals surface area contributed by atoms with Crippen molar-refractivity contribution in [2.24, 2.45) is 140 Å². The lowest BCUT2D eigenvalue weighted by molar-refractivity contribution is -0.0675. The lowest BCUT2D eigenvalue weighted by Gasteiger charge is -2.45. The summed E-state index contributed by atoms with van der Waals surface area (Å²) in [5, 5.41) is 40.4. The summed E-state index contributed by atoms with van der Waals surface area (Å²) in [5.74, 6) is 17.5. The Morgan fingerprint density at radius 1 is 0.263 bits per heavy atom. The van der Waals surface area contributed by atoms with Crippen molar-refractivity contribution >= 4 is 0 Å². The van der Waals surface area contributed by atoms with Crippen LogP contribution in [0.5, 0.6) is 0 Å². The van der Waals surface area contributed by atoms with E-state index in [1.165, 1.54) is 77.0 Å². The van der Waals surface area contributed by atoms with Crippen LogP contribution >= 0.6 is 0 Å². The molecule has 0 saturated heterocycles. The van der Waals surface area contributed by atoms with Gasteiger partial charge in [-0.1, -0.05) is 83.1 Å². The average molecular weight is 1070 g/mol. The van der Waals surface area contributed by atoms with E-state index in [2.05, 4.69) is 83.1 Å². The number of methoxy groups -OCH3 is 4. The van der Waals surface area contributed by atoms with E-state index < -0.39 is 0 Å². The lowest BCUT2D eigenvalue weighted by atomic mass is 9.61. The van der Waals surface area contributed by atoms with Gasteiger partial charge in [-0.15, -0.1) is 0 Å². The summed E-state index contributed by atoms with van der Waals surface area (Å²) < 4.78 is 21.7. The molecule has 12 rings (SSSR count). The Morgan fingerprint density at radius 3 is 0.697 bits per heavy atom. The van der Waals surface area contributed by atoms with Gasteiger partial charge in [0.25, 0.3) is 0 Å². The van der Waals surface area contributed by atoms with E-state index in [1.807, 2.05) is 0 Å². The van der Waals surface area contributed by atoms with E-state index in [9.17, 15) is 20.4 Å². The zero-order valence-corrected chi connectivity index (χ0v) is 51.7. The Kier molecular flexibility index (Phi) is 18.5. The molecule has 0 heterocycles. The number of hydrogen-bond donors (Lipinski definition) is 4. The van der Waals surface area contributed by atoms with Gasteiger partial charge in [0.2, 0.25) is 0 Å². The fourth-order valence-corrected chi connectivity index (χ4v) is 22.2. The summed E-state index contributed by atoms with van der Waals surface area (Å²) in [4.78, 5) is 0. The largest absolute Gasteiger partial charge is 0.390 e. The van der Waals surface area contributed by atoms with Crippen LogP contribution in [-0.2, 0) is 18.9 Å². The number of rotatable bonds is 8. The van der Waals surface area contributed by atoms with E-state index in [0.717, 1.165) is 170 Å². The van der Waals surface area contributed by atoms with Crippen LogP contribution in [0.4, 0.5) is 0 Å². The van der Waals surface area contributed by atoms with Crippen LogP contribution in [0.3, 0.4) is 0 Å². The molecule has 0 aliphatic heterocycles. The average Bonchev–Trinajstić information content (AvgIpc) is 4.30. The maximum atomic E-state index is 10.2. The molecule has 12 saturated carbocycles. The first kappa shape index (κ1) is 60.3. The van der Waals surface area contributed by atoms with Crippen molar-refractivity contribution in [1.82, 2.24) is 0 Å². The standard InChI is InChI=1S/4C17H30O2/c2*1-10-13-8-12(17(10,2)3)9-14(13)11-5-6-16(19-4)15(18)7-11;2*1-10-13-8-12(17(10,2)3)9-14(13)11-5-6-15(18)16(7-11)19-4/h4*10-16,18H,5-9H2,1-4H3. The van der Waals surface area contributed by atoms with Gasteiger partial charge in [0.15, 0.2) is 0 Å². The molecule has 0 aromatic rings. The molecule has 0 spiro atoms. The number of fused-ring (bicyclic) bond motifs is 8. The first-order valence-electron chi connectivity index (χ1n) is 32.6. The molecule has 8 bridgehead atoms. The molecule has 4 N–H and O–H groups in total. The summed E-state index contributed by atoms with van der Waals surface area (Å²) in [6.07, 6.45) is 23.9. The molecule has 76 heavy (non-hydrogen) atoms.